The number of carbonyl (C=O) groups excluding carboxylic acids is 2. The molecular formula is C30H28N3O6+. The summed E-state index contributed by atoms with van der Waals surface area (Å²) < 4.78 is 14.7. The van der Waals surface area contributed by atoms with Gasteiger partial charge < -0.3 is 19.1 Å². The van der Waals surface area contributed by atoms with E-state index < -0.39 is 11.6 Å². The van der Waals surface area contributed by atoms with Crippen LogP contribution < -0.4 is 14.9 Å². The molecular weight excluding hydrogens is 498 g/mol. The van der Waals surface area contributed by atoms with Gasteiger partial charge in [0.2, 0.25) is 0 Å². The summed E-state index contributed by atoms with van der Waals surface area (Å²) in [6.45, 7) is 4.67. The van der Waals surface area contributed by atoms with Crippen molar-refractivity contribution >= 4 is 22.7 Å². The van der Waals surface area contributed by atoms with E-state index in [-0.39, 0.29) is 24.4 Å². The van der Waals surface area contributed by atoms with E-state index >= 15 is 0 Å². The fourth-order valence-electron chi connectivity index (χ4n) is 5.36. The van der Waals surface area contributed by atoms with Crippen molar-refractivity contribution < 1.29 is 28.7 Å². The standard InChI is InChI=1S/C30H28N3O6/c1-3-30(37)24-14-26-27-21(16-33(26)28(35)23(24)17-39-29(30)36)12-20-13-22(7-8-25(20)31-27)38-11-5-10-32-9-4-6-19(15-32)18(2)34/h4,6-9,12-15,37H,3,5,10-11,16-17H2,1-2H3/q+1/t30-/m0/s1. The highest BCUT2D eigenvalue weighted by molar-refractivity contribution is 5.93. The van der Waals surface area contributed by atoms with E-state index in [2.05, 4.69) is 0 Å². The largest absolute Gasteiger partial charge is 0.493 e. The molecule has 3 aromatic heterocycles. The smallest absolute Gasteiger partial charge is 0.343 e. The first-order valence-electron chi connectivity index (χ1n) is 13.0. The maximum atomic E-state index is 13.3. The van der Waals surface area contributed by atoms with E-state index in [0.29, 0.717) is 41.2 Å². The molecule has 1 aromatic carbocycles. The number of Topliss-reactive ketones (excluding diaryl/α,β-unsaturated/α-hetero) is 1. The third-order valence-electron chi connectivity index (χ3n) is 7.57. The Labute approximate surface area is 224 Å². The van der Waals surface area contributed by atoms with Gasteiger partial charge in [-0.05, 0) is 49.7 Å². The minimum atomic E-state index is -1.84. The van der Waals surface area contributed by atoms with Crippen LogP contribution in [0.5, 0.6) is 5.75 Å². The Kier molecular flexibility index (Phi) is 6.03. The van der Waals surface area contributed by atoms with Gasteiger partial charge in [-0.2, -0.15) is 0 Å². The molecule has 9 heteroatoms. The van der Waals surface area contributed by atoms with Gasteiger partial charge in [-0.25, -0.2) is 14.3 Å². The molecule has 1 N–H and O–H groups in total. The number of esters is 1. The Morgan fingerprint density at radius 3 is 2.87 bits per heavy atom. The van der Waals surface area contributed by atoms with Crippen LogP contribution in [0.1, 0.15) is 53.7 Å². The summed E-state index contributed by atoms with van der Waals surface area (Å²) in [5.41, 5.74) is 2.06. The zero-order valence-corrected chi connectivity index (χ0v) is 21.8. The highest BCUT2D eigenvalue weighted by atomic mass is 16.6. The van der Waals surface area contributed by atoms with Crippen LogP contribution in [0.4, 0.5) is 0 Å². The van der Waals surface area contributed by atoms with Crippen LogP contribution in [0.25, 0.3) is 22.3 Å². The third-order valence-corrected chi connectivity index (χ3v) is 7.57. The molecule has 2 aliphatic heterocycles. The van der Waals surface area contributed by atoms with Crippen LogP contribution >= 0.6 is 0 Å². The van der Waals surface area contributed by atoms with Crippen molar-refractivity contribution in [1.29, 1.82) is 0 Å². The summed E-state index contributed by atoms with van der Waals surface area (Å²) in [6, 6.07) is 13.1. The Morgan fingerprint density at radius 2 is 2.08 bits per heavy atom. The summed E-state index contributed by atoms with van der Waals surface area (Å²) in [6.07, 6.45) is 4.65. The van der Waals surface area contributed by atoms with Crippen LogP contribution in [0.2, 0.25) is 0 Å². The van der Waals surface area contributed by atoms with E-state index in [1.54, 1.807) is 30.5 Å². The molecule has 2 aliphatic rings. The van der Waals surface area contributed by atoms with Crippen LogP contribution in [-0.2, 0) is 34.8 Å². The Bertz CT molecular complexity index is 1730. The first kappa shape index (κ1) is 24.9. The lowest BCUT2D eigenvalue weighted by Gasteiger charge is -2.31. The van der Waals surface area contributed by atoms with Crippen LogP contribution in [0, 0.1) is 0 Å². The Morgan fingerprint density at radius 1 is 1.23 bits per heavy atom. The summed E-state index contributed by atoms with van der Waals surface area (Å²) >= 11 is 0. The number of hydrogen-bond donors (Lipinski definition) is 1. The molecule has 1 atom stereocenters. The maximum absolute atomic E-state index is 13.3. The van der Waals surface area contributed by atoms with Crippen molar-refractivity contribution in [3.63, 3.8) is 0 Å². The minimum Gasteiger partial charge on any atom is -0.493 e. The second kappa shape index (κ2) is 9.43. The van der Waals surface area contributed by atoms with Gasteiger partial charge in [0.25, 0.3) is 5.56 Å². The van der Waals surface area contributed by atoms with E-state index in [4.69, 9.17) is 14.5 Å². The zero-order valence-electron chi connectivity index (χ0n) is 21.8. The monoisotopic (exact) mass is 526 g/mol. The van der Waals surface area contributed by atoms with Crippen molar-refractivity contribution in [2.75, 3.05) is 6.61 Å². The first-order chi connectivity index (χ1) is 18.8. The van der Waals surface area contributed by atoms with Gasteiger partial charge >= 0.3 is 5.97 Å². The molecule has 0 radical (unpaired) electrons. The second-order valence-electron chi connectivity index (χ2n) is 10.0. The number of carbonyl (C=O) groups is 2. The molecule has 0 saturated heterocycles. The van der Waals surface area contributed by atoms with Gasteiger partial charge in [0, 0.05) is 29.0 Å². The van der Waals surface area contributed by atoms with Crippen LogP contribution in [0.3, 0.4) is 0 Å². The number of aryl methyl sites for hydroxylation is 1. The average Bonchev–Trinajstić information content (AvgIpc) is 3.30. The molecule has 0 fully saturated rings. The average molecular weight is 527 g/mol. The number of hydrogen-bond acceptors (Lipinski definition) is 7. The van der Waals surface area contributed by atoms with Crippen LogP contribution in [0.15, 0.2) is 59.7 Å². The van der Waals surface area contributed by atoms with Gasteiger partial charge in [-0.1, -0.05) is 6.92 Å². The number of fused-ring (bicyclic) bond motifs is 5. The van der Waals surface area contributed by atoms with Gasteiger partial charge in [0.05, 0.1) is 41.2 Å². The fraction of sp³-hybridized carbons (Fsp3) is 0.300. The van der Waals surface area contributed by atoms with Gasteiger partial charge in [-0.15, -0.1) is 0 Å². The molecule has 4 aromatic rings. The molecule has 0 aliphatic carbocycles. The third kappa shape index (κ3) is 4.19. The predicted molar refractivity (Wildman–Crippen MR) is 141 cm³/mol. The molecule has 0 saturated carbocycles. The molecule has 0 unspecified atom stereocenters. The normalized spacial score (nSPS) is 17.4. The number of nitrogens with zero attached hydrogens (tertiary/aromatic N) is 3. The SMILES string of the molecule is CC[C@@]1(O)C(=O)OCc2c1cc1n(c2=O)Cc2cc3cc(OCCC[n+]4cccc(C(C)=O)c4)ccc3nc2-1. The molecule has 198 valence electrons. The summed E-state index contributed by atoms with van der Waals surface area (Å²) in [5.74, 6) is 0.0248. The molecule has 0 spiro atoms. The molecule has 39 heavy (non-hydrogen) atoms. The maximum Gasteiger partial charge on any atom is 0.343 e. The van der Waals surface area contributed by atoms with Gasteiger partial charge in [-0.3, -0.25) is 9.59 Å². The minimum absolute atomic E-state index is 0.0380. The molecule has 9 nitrogen and oxygen atoms in total. The van der Waals surface area contributed by atoms with Gasteiger partial charge in [0.1, 0.15) is 12.4 Å². The number of rotatable bonds is 7. The summed E-state index contributed by atoms with van der Waals surface area (Å²) in [7, 11) is 0. The fourth-order valence-corrected chi connectivity index (χ4v) is 5.36. The zero-order chi connectivity index (χ0) is 27.3. The predicted octanol–water partition coefficient (Wildman–Crippen LogP) is 3.04. The van der Waals surface area contributed by atoms with E-state index in [9.17, 15) is 19.5 Å². The topological polar surface area (TPSA) is 112 Å². The lowest BCUT2D eigenvalue weighted by Crippen LogP contribution is -2.44. The van der Waals surface area contributed by atoms with Crippen molar-refractivity contribution in [3.05, 3.63) is 87.5 Å². The highest BCUT2D eigenvalue weighted by Crippen LogP contribution is 2.38. The Hall–Kier alpha value is -4.37. The molecule has 0 amide bonds. The number of pyridine rings is 3. The van der Waals surface area contributed by atoms with Crippen molar-refractivity contribution in [2.24, 2.45) is 0 Å². The lowest BCUT2D eigenvalue weighted by molar-refractivity contribution is -0.697. The Balaban J connectivity index is 1.23. The molecule has 0 bridgehead atoms. The van der Waals surface area contributed by atoms with Crippen LogP contribution in [-0.4, -0.2) is 33.0 Å². The number of ketones is 1. The number of ether oxygens (including phenoxy) is 2. The van der Waals surface area contributed by atoms with E-state index in [1.807, 2.05) is 47.3 Å². The highest BCUT2D eigenvalue weighted by Gasteiger charge is 2.45. The van der Waals surface area contributed by atoms with Gasteiger partial charge in [0.15, 0.2) is 30.3 Å². The number of cyclic esters (lactones) is 1. The summed E-state index contributed by atoms with van der Waals surface area (Å²) in [4.78, 5) is 42.1. The second-order valence-corrected chi connectivity index (χ2v) is 10.0. The van der Waals surface area contributed by atoms with Crippen molar-refractivity contribution in [1.82, 2.24) is 9.55 Å². The quantitative estimate of drug-likeness (QED) is 0.150. The lowest BCUT2D eigenvalue weighted by atomic mass is 9.86. The number of aliphatic hydroxyl groups is 1. The van der Waals surface area contributed by atoms with E-state index in [0.717, 1.165) is 35.2 Å². The van der Waals surface area contributed by atoms with E-state index in [1.165, 1.54) is 0 Å². The molecule has 5 heterocycles. The number of benzene rings is 1. The summed E-state index contributed by atoms with van der Waals surface area (Å²) in [5, 5.41) is 11.9. The first-order valence-corrected chi connectivity index (χ1v) is 13.0. The molecule has 6 rings (SSSR count). The van der Waals surface area contributed by atoms with Crippen molar-refractivity contribution in [3.8, 4) is 17.1 Å². The van der Waals surface area contributed by atoms with Crippen molar-refractivity contribution in [2.45, 2.75) is 52.0 Å². The number of aromatic nitrogens is 3.